The Bertz CT molecular complexity index is 479. The molecule has 1 aromatic carbocycles. The molecule has 2 rings (SSSR count). The number of hydrogen-bond acceptors (Lipinski definition) is 2. The van der Waals surface area contributed by atoms with Crippen molar-refractivity contribution >= 4 is 27.6 Å². The van der Waals surface area contributed by atoms with Crippen molar-refractivity contribution in [2.45, 2.75) is 33.1 Å². The van der Waals surface area contributed by atoms with Crippen LogP contribution in [0, 0.1) is 5.41 Å². The van der Waals surface area contributed by atoms with Gasteiger partial charge in [-0.15, -0.1) is 0 Å². The van der Waals surface area contributed by atoms with Crippen LogP contribution in [-0.2, 0) is 0 Å². The van der Waals surface area contributed by atoms with Gasteiger partial charge >= 0.3 is 5.97 Å². The molecule has 1 aliphatic heterocycles. The van der Waals surface area contributed by atoms with E-state index in [1.807, 2.05) is 6.07 Å². The molecule has 1 aromatic rings. The van der Waals surface area contributed by atoms with Gasteiger partial charge in [0.1, 0.15) is 0 Å². The van der Waals surface area contributed by atoms with Crippen LogP contribution in [0.5, 0.6) is 0 Å². The molecule has 1 heterocycles. The number of nitrogens with zero attached hydrogens (tertiary/aromatic N) is 1. The predicted octanol–water partition coefficient (Wildman–Crippen LogP) is 4.16. The highest BCUT2D eigenvalue weighted by atomic mass is 79.9. The van der Waals surface area contributed by atoms with E-state index in [-0.39, 0.29) is 0 Å². The van der Waals surface area contributed by atoms with Crippen LogP contribution >= 0.6 is 15.9 Å². The van der Waals surface area contributed by atoms with Gasteiger partial charge in [0.2, 0.25) is 0 Å². The zero-order chi connectivity index (χ0) is 14.0. The van der Waals surface area contributed by atoms with E-state index in [0.717, 1.165) is 23.2 Å². The molecule has 1 fully saturated rings. The number of carboxylic acids is 1. The molecule has 0 amide bonds. The van der Waals surface area contributed by atoms with Crippen LogP contribution in [-0.4, -0.2) is 24.2 Å². The Kier molecular flexibility index (Phi) is 4.19. The number of halogens is 1. The van der Waals surface area contributed by atoms with E-state index < -0.39 is 5.97 Å². The van der Waals surface area contributed by atoms with E-state index >= 15 is 0 Å². The van der Waals surface area contributed by atoms with Gasteiger partial charge in [0.05, 0.1) is 11.3 Å². The molecule has 1 saturated heterocycles. The highest BCUT2D eigenvalue weighted by Gasteiger charge is 2.28. The maximum atomic E-state index is 10.9. The average molecular weight is 326 g/mol. The molecule has 0 spiro atoms. The molecule has 4 heteroatoms. The van der Waals surface area contributed by atoms with Crippen molar-refractivity contribution in [3.63, 3.8) is 0 Å². The van der Waals surface area contributed by atoms with Crippen LogP contribution in [0.4, 0.5) is 5.69 Å². The first kappa shape index (κ1) is 14.4. The second-order valence-corrected chi connectivity index (χ2v) is 6.48. The molecule has 104 valence electrons. The standard InChI is InChI=1S/C15H20BrNO2/c1-3-15(2)6-8-17(9-7-15)13-5-4-11(14(18)19)10-12(13)16/h4-5,10H,3,6-9H2,1-2H3,(H,18,19). The zero-order valence-corrected chi connectivity index (χ0v) is 13.0. The SMILES string of the molecule is CCC1(C)CCN(c2ccc(C(=O)O)cc2Br)CC1. The molecule has 3 nitrogen and oxygen atoms in total. The lowest BCUT2D eigenvalue weighted by Crippen LogP contribution is -2.38. The normalized spacial score (nSPS) is 18.4. The first-order valence-corrected chi connectivity index (χ1v) is 7.52. The van der Waals surface area contributed by atoms with Crippen molar-refractivity contribution in [1.82, 2.24) is 0 Å². The highest BCUT2D eigenvalue weighted by molar-refractivity contribution is 9.10. The third kappa shape index (κ3) is 3.11. The molecule has 0 aliphatic carbocycles. The fourth-order valence-corrected chi connectivity index (χ4v) is 3.17. The molecule has 0 aromatic heterocycles. The van der Waals surface area contributed by atoms with Gasteiger partial charge in [-0.2, -0.15) is 0 Å². The van der Waals surface area contributed by atoms with Gasteiger partial charge in [-0.1, -0.05) is 20.3 Å². The van der Waals surface area contributed by atoms with Crippen LogP contribution < -0.4 is 4.90 Å². The van der Waals surface area contributed by atoms with Crippen molar-refractivity contribution in [3.05, 3.63) is 28.2 Å². The molecule has 19 heavy (non-hydrogen) atoms. The van der Waals surface area contributed by atoms with Gasteiger partial charge in [-0.05, 0) is 52.4 Å². The van der Waals surface area contributed by atoms with E-state index in [1.54, 1.807) is 12.1 Å². The Hall–Kier alpha value is -1.03. The first-order chi connectivity index (χ1) is 8.95. The quantitative estimate of drug-likeness (QED) is 0.906. The van der Waals surface area contributed by atoms with Crippen molar-refractivity contribution < 1.29 is 9.90 Å². The van der Waals surface area contributed by atoms with Gasteiger partial charge in [-0.25, -0.2) is 4.79 Å². The summed E-state index contributed by atoms with van der Waals surface area (Å²) < 4.78 is 0.868. The minimum atomic E-state index is -0.885. The summed E-state index contributed by atoms with van der Waals surface area (Å²) in [5.74, 6) is -0.885. The summed E-state index contributed by atoms with van der Waals surface area (Å²) >= 11 is 3.49. The number of aromatic carboxylic acids is 1. The Morgan fingerprint density at radius 2 is 2.05 bits per heavy atom. The number of benzene rings is 1. The lowest BCUT2D eigenvalue weighted by Gasteiger charge is -2.40. The third-order valence-electron chi connectivity index (χ3n) is 4.36. The van der Waals surface area contributed by atoms with Crippen LogP contribution in [0.25, 0.3) is 0 Å². The number of hydrogen-bond donors (Lipinski definition) is 1. The van der Waals surface area contributed by atoms with Gasteiger partial charge in [0.15, 0.2) is 0 Å². The molecule has 1 aliphatic rings. The van der Waals surface area contributed by atoms with Crippen molar-refractivity contribution in [3.8, 4) is 0 Å². The number of carbonyl (C=O) groups is 1. The Balaban J connectivity index is 2.14. The predicted molar refractivity (Wildman–Crippen MR) is 80.9 cm³/mol. The summed E-state index contributed by atoms with van der Waals surface area (Å²) in [6, 6.07) is 5.27. The summed E-state index contributed by atoms with van der Waals surface area (Å²) in [6.07, 6.45) is 3.60. The number of piperidine rings is 1. The smallest absolute Gasteiger partial charge is 0.335 e. The largest absolute Gasteiger partial charge is 0.478 e. The number of anilines is 1. The second-order valence-electron chi connectivity index (χ2n) is 5.62. The van der Waals surface area contributed by atoms with E-state index in [9.17, 15) is 4.79 Å². The maximum absolute atomic E-state index is 10.9. The van der Waals surface area contributed by atoms with E-state index in [2.05, 4.69) is 34.7 Å². The molecule has 0 saturated carbocycles. The molecule has 0 radical (unpaired) electrons. The summed E-state index contributed by atoms with van der Waals surface area (Å²) in [4.78, 5) is 13.3. The zero-order valence-electron chi connectivity index (χ0n) is 11.4. The minimum absolute atomic E-state index is 0.325. The summed E-state index contributed by atoms with van der Waals surface area (Å²) in [5, 5.41) is 8.98. The Morgan fingerprint density at radius 1 is 1.42 bits per heavy atom. The van der Waals surface area contributed by atoms with Gasteiger partial charge in [0, 0.05) is 17.6 Å². The summed E-state index contributed by atoms with van der Waals surface area (Å²) in [5.41, 5.74) is 1.89. The maximum Gasteiger partial charge on any atom is 0.335 e. The second kappa shape index (κ2) is 5.53. The fraction of sp³-hybridized carbons (Fsp3) is 0.533. The van der Waals surface area contributed by atoms with Crippen molar-refractivity contribution in [2.75, 3.05) is 18.0 Å². The van der Waals surface area contributed by atoms with Crippen LogP contribution in [0.15, 0.2) is 22.7 Å². The first-order valence-electron chi connectivity index (χ1n) is 6.73. The Labute approximate surface area is 122 Å². The fourth-order valence-electron chi connectivity index (χ4n) is 2.54. The van der Waals surface area contributed by atoms with Crippen LogP contribution in [0.1, 0.15) is 43.5 Å². The summed E-state index contributed by atoms with van der Waals surface area (Å²) in [7, 11) is 0. The topological polar surface area (TPSA) is 40.5 Å². The van der Waals surface area contributed by atoms with E-state index in [0.29, 0.717) is 11.0 Å². The highest BCUT2D eigenvalue weighted by Crippen LogP contribution is 2.37. The van der Waals surface area contributed by atoms with Crippen molar-refractivity contribution in [2.24, 2.45) is 5.41 Å². The minimum Gasteiger partial charge on any atom is -0.478 e. The van der Waals surface area contributed by atoms with E-state index in [4.69, 9.17) is 5.11 Å². The molecule has 0 atom stereocenters. The van der Waals surface area contributed by atoms with Gasteiger partial charge in [0.25, 0.3) is 0 Å². The molecule has 0 unspecified atom stereocenters. The van der Waals surface area contributed by atoms with Gasteiger partial charge in [-0.3, -0.25) is 0 Å². The lowest BCUT2D eigenvalue weighted by molar-refractivity contribution is 0.0697. The summed E-state index contributed by atoms with van der Waals surface area (Å²) in [6.45, 7) is 6.69. The number of rotatable bonds is 3. The molecule has 0 bridgehead atoms. The Morgan fingerprint density at radius 3 is 2.53 bits per heavy atom. The van der Waals surface area contributed by atoms with Gasteiger partial charge < -0.3 is 10.0 Å². The molecule has 1 N–H and O–H groups in total. The van der Waals surface area contributed by atoms with E-state index in [1.165, 1.54) is 19.3 Å². The monoisotopic (exact) mass is 325 g/mol. The molecular formula is C15H20BrNO2. The average Bonchev–Trinajstić information content (AvgIpc) is 2.40. The van der Waals surface area contributed by atoms with Crippen LogP contribution in [0.3, 0.4) is 0 Å². The lowest BCUT2D eigenvalue weighted by atomic mass is 9.78. The van der Waals surface area contributed by atoms with Crippen LogP contribution in [0.2, 0.25) is 0 Å². The van der Waals surface area contributed by atoms with Crippen molar-refractivity contribution in [1.29, 1.82) is 0 Å². The number of carboxylic acid groups (broad SMARTS) is 1. The molecular weight excluding hydrogens is 306 g/mol. The third-order valence-corrected chi connectivity index (χ3v) is 4.99.